The highest BCUT2D eigenvalue weighted by Gasteiger charge is 2.41. The second-order valence-electron chi connectivity index (χ2n) is 8.18. The van der Waals surface area contributed by atoms with Crippen LogP contribution >= 0.6 is 18.7 Å². The molecule has 3 aromatic carbocycles. The van der Waals surface area contributed by atoms with E-state index in [1.54, 1.807) is 19.9 Å². The average Bonchev–Trinajstić information content (AvgIpc) is 3.07. The van der Waals surface area contributed by atoms with E-state index in [0.29, 0.717) is 39.8 Å². The topological polar surface area (TPSA) is 44.8 Å². The molecule has 0 atom stereocenters. The molecular weight excluding hydrogens is 431 g/mol. The summed E-state index contributed by atoms with van der Waals surface area (Å²) in [7, 11) is -3.33. The van der Waals surface area contributed by atoms with Gasteiger partial charge in [-0.1, -0.05) is 71.3 Å². The highest BCUT2D eigenvalue weighted by atomic mass is 35.5. The summed E-state index contributed by atoms with van der Waals surface area (Å²) in [6.45, 7) is 9.93. The molecule has 1 heterocycles. The molecule has 6 heteroatoms. The largest absolute Gasteiger partial charge is 0.490 e. The zero-order valence-corrected chi connectivity index (χ0v) is 20.0. The van der Waals surface area contributed by atoms with Crippen LogP contribution in [0.2, 0.25) is 5.02 Å². The van der Waals surface area contributed by atoms with Crippen molar-refractivity contribution in [2.24, 2.45) is 0 Å². The quantitative estimate of drug-likeness (QED) is 0.475. The van der Waals surface area contributed by atoms with E-state index in [1.165, 1.54) is 0 Å². The molecule has 0 unspecified atom stereocenters. The molecule has 3 aromatic rings. The number of hydrogen-bond acceptors (Lipinski definition) is 4. The van der Waals surface area contributed by atoms with Crippen LogP contribution in [0.25, 0.3) is 0 Å². The van der Waals surface area contributed by atoms with Gasteiger partial charge in [-0.2, -0.15) is 0 Å². The Morgan fingerprint density at radius 1 is 0.903 bits per heavy atom. The number of hydrogen-bond donors (Lipinski definition) is 0. The summed E-state index contributed by atoms with van der Waals surface area (Å²) >= 11 is 6.87. The molecule has 0 N–H and O–H groups in total. The molecule has 1 aliphatic rings. The molecule has 0 saturated carbocycles. The van der Waals surface area contributed by atoms with E-state index in [9.17, 15) is 4.57 Å². The summed E-state index contributed by atoms with van der Waals surface area (Å²) in [5.41, 5.74) is 2.18. The molecule has 0 aromatic heterocycles. The molecule has 0 saturated heterocycles. The van der Waals surface area contributed by atoms with Gasteiger partial charge in [0.1, 0.15) is 0 Å². The standard InChI is InChI=1S/C25H26ClO4P/c1-6-28-20-15-21(22(26)24-23(20)29-25(4,5)30-24)31(27,18-11-7-16(2)8-12-18)19-13-9-17(3)10-14-19/h7-15H,6H2,1-5H3. The molecule has 0 spiro atoms. The second-order valence-corrected chi connectivity index (χ2v) is 11.3. The van der Waals surface area contributed by atoms with Gasteiger partial charge in [-0.25, -0.2) is 0 Å². The van der Waals surface area contributed by atoms with Crippen molar-refractivity contribution in [3.05, 3.63) is 70.7 Å². The lowest BCUT2D eigenvalue weighted by atomic mass is 10.2. The van der Waals surface area contributed by atoms with E-state index in [1.807, 2.05) is 69.3 Å². The molecular formula is C25H26ClO4P. The normalized spacial score (nSPS) is 14.5. The summed E-state index contributed by atoms with van der Waals surface area (Å²) in [5.74, 6) is 0.391. The fraction of sp³-hybridized carbons (Fsp3) is 0.280. The Morgan fingerprint density at radius 3 is 1.87 bits per heavy atom. The monoisotopic (exact) mass is 456 g/mol. The number of rotatable bonds is 5. The second kappa shape index (κ2) is 7.93. The SMILES string of the molecule is CCOc1cc(P(=O)(c2ccc(C)cc2)c2ccc(C)cc2)c(Cl)c2c1OC(C)(C)O2. The third-order valence-electron chi connectivity index (χ3n) is 5.25. The van der Waals surface area contributed by atoms with Gasteiger partial charge in [0, 0.05) is 29.8 Å². The first-order valence-corrected chi connectivity index (χ1v) is 12.4. The van der Waals surface area contributed by atoms with E-state index in [-0.39, 0.29) is 5.02 Å². The van der Waals surface area contributed by atoms with Crippen molar-refractivity contribution < 1.29 is 18.8 Å². The van der Waals surface area contributed by atoms with Gasteiger partial charge in [0.25, 0.3) is 0 Å². The first-order chi connectivity index (χ1) is 14.7. The molecule has 0 amide bonds. The Morgan fingerprint density at radius 2 is 1.39 bits per heavy atom. The summed E-state index contributed by atoms with van der Waals surface area (Å²) < 4.78 is 32.8. The highest BCUT2D eigenvalue weighted by molar-refractivity contribution is 7.85. The van der Waals surface area contributed by atoms with Crippen molar-refractivity contribution in [2.75, 3.05) is 6.61 Å². The first kappa shape index (κ1) is 21.8. The maximum Gasteiger partial charge on any atom is 0.246 e. The lowest BCUT2D eigenvalue weighted by Crippen LogP contribution is -2.30. The van der Waals surface area contributed by atoms with Crippen LogP contribution in [0.1, 0.15) is 31.9 Å². The van der Waals surface area contributed by atoms with Crippen molar-refractivity contribution in [1.82, 2.24) is 0 Å². The molecule has 4 nitrogen and oxygen atoms in total. The predicted molar refractivity (Wildman–Crippen MR) is 127 cm³/mol. The predicted octanol–water partition coefficient (Wildman–Crippen LogP) is 5.50. The fourth-order valence-corrected chi connectivity index (χ4v) is 6.92. The molecule has 162 valence electrons. The maximum atomic E-state index is 14.9. The van der Waals surface area contributed by atoms with Crippen LogP contribution in [0.4, 0.5) is 0 Å². The molecule has 1 aliphatic heterocycles. The van der Waals surface area contributed by atoms with Crippen LogP contribution in [0, 0.1) is 13.8 Å². The van der Waals surface area contributed by atoms with Gasteiger partial charge in [-0.05, 0) is 26.8 Å². The van der Waals surface area contributed by atoms with Crippen LogP contribution in [-0.4, -0.2) is 12.4 Å². The summed E-state index contributed by atoms with van der Waals surface area (Å²) in [6.07, 6.45) is 0. The summed E-state index contributed by atoms with van der Waals surface area (Å²) in [4.78, 5) is 0. The van der Waals surface area contributed by atoms with E-state index in [0.717, 1.165) is 11.1 Å². The van der Waals surface area contributed by atoms with Crippen molar-refractivity contribution in [2.45, 2.75) is 40.4 Å². The highest BCUT2D eigenvalue weighted by Crippen LogP contribution is 2.54. The number of benzene rings is 3. The molecule has 31 heavy (non-hydrogen) atoms. The van der Waals surface area contributed by atoms with Gasteiger partial charge < -0.3 is 18.8 Å². The molecule has 0 radical (unpaired) electrons. The maximum absolute atomic E-state index is 14.9. The van der Waals surface area contributed by atoms with Gasteiger partial charge in [0.15, 0.2) is 18.6 Å². The van der Waals surface area contributed by atoms with Gasteiger partial charge >= 0.3 is 0 Å². The zero-order valence-electron chi connectivity index (χ0n) is 18.4. The number of aryl methyl sites for hydroxylation is 2. The Labute approximate surface area is 188 Å². The van der Waals surface area contributed by atoms with Crippen LogP contribution < -0.4 is 30.1 Å². The lowest BCUT2D eigenvalue weighted by molar-refractivity contribution is -0.0440. The Kier molecular flexibility index (Phi) is 5.57. The molecule has 0 fully saturated rings. The summed E-state index contributed by atoms with van der Waals surface area (Å²) in [6, 6.07) is 17.2. The minimum absolute atomic E-state index is 0.286. The number of fused-ring (bicyclic) bond motifs is 1. The van der Waals surface area contributed by atoms with Crippen molar-refractivity contribution >= 4 is 34.7 Å². The Bertz CT molecular complexity index is 1120. The third-order valence-corrected chi connectivity index (χ3v) is 8.84. The molecule has 4 rings (SSSR count). The van der Waals surface area contributed by atoms with Crippen molar-refractivity contribution in [3.8, 4) is 17.2 Å². The minimum atomic E-state index is -3.33. The first-order valence-electron chi connectivity index (χ1n) is 10.3. The van der Waals surface area contributed by atoms with Crippen LogP contribution in [-0.2, 0) is 4.57 Å². The third kappa shape index (κ3) is 3.84. The fourth-order valence-electron chi connectivity index (χ4n) is 3.71. The van der Waals surface area contributed by atoms with Crippen LogP contribution in [0.5, 0.6) is 17.2 Å². The number of ether oxygens (including phenoxy) is 3. The van der Waals surface area contributed by atoms with Gasteiger partial charge in [-0.15, -0.1) is 0 Å². The van der Waals surface area contributed by atoms with E-state index >= 15 is 0 Å². The van der Waals surface area contributed by atoms with Crippen molar-refractivity contribution in [1.29, 1.82) is 0 Å². The summed E-state index contributed by atoms with van der Waals surface area (Å²) in [5, 5.41) is 2.16. The number of halogens is 1. The Hall–Kier alpha value is -2.42. The zero-order chi connectivity index (χ0) is 22.4. The lowest BCUT2D eigenvalue weighted by Gasteiger charge is -2.23. The van der Waals surface area contributed by atoms with E-state index in [2.05, 4.69) is 0 Å². The average molecular weight is 457 g/mol. The molecule has 0 aliphatic carbocycles. The van der Waals surface area contributed by atoms with E-state index in [4.69, 9.17) is 25.8 Å². The van der Waals surface area contributed by atoms with Gasteiger partial charge in [0.05, 0.1) is 11.6 Å². The molecule has 0 bridgehead atoms. The van der Waals surface area contributed by atoms with Gasteiger partial charge in [0.2, 0.25) is 11.5 Å². The van der Waals surface area contributed by atoms with E-state index < -0.39 is 12.9 Å². The Balaban J connectivity index is 2.03. The van der Waals surface area contributed by atoms with Crippen molar-refractivity contribution in [3.63, 3.8) is 0 Å². The smallest absolute Gasteiger partial charge is 0.246 e. The van der Waals surface area contributed by atoms with Crippen LogP contribution in [0.15, 0.2) is 54.6 Å². The van der Waals surface area contributed by atoms with Gasteiger partial charge in [-0.3, -0.25) is 0 Å². The van der Waals surface area contributed by atoms with Crippen LogP contribution in [0.3, 0.4) is 0 Å². The minimum Gasteiger partial charge on any atom is -0.490 e.